The average molecular weight is 209 g/mol. The third-order valence-corrected chi connectivity index (χ3v) is 2.01. The lowest BCUT2D eigenvalue weighted by Gasteiger charge is -2.07. The lowest BCUT2D eigenvalue weighted by molar-refractivity contribution is -0.131. The number of carbonyl (C=O) groups is 1. The van der Waals surface area contributed by atoms with E-state index in [-0.39, 0.29) is 5.82 Å². The molecule has 0 aliphatic carbocycles. The van der Waals surface area contributed by atoms with E-state index in [9.17, 15) is 9.18 Å². The van der Waals surface area contributed by atoms with Gasteiger partial charge in [-0.25, -0.2) is 9.18 Å². The molecule has 15 heavy (non-hydrogen) atoms. The standard InChI is InChI=1S/C11H12FNO2/c1-7-6-8(2-3-9(7)12)10(13)4-5-11(14)15/h2-6,10H,13H2,1H3,(H,14,15)/b5-4+. The molecule has 0 radical (unpaired) electrons. The first-order valence-electron chi connectivity index (χ1n) is 4.43. The molecular weight excluding hydrogens is 197 g/mol. The summed E-state index contributed by atoms with van der Waals surface area (Å²) < 4.78 is 12.9. The first kappa shape index (κ1) is 11.4. The smallest absolute Gasteiger partial charge is 0.328 e. The van der Waals surface area contributed by atoms with Gasteiger partial charge in [-0.15, -0.1) is 0 Å². The van der Waals surface area contributed by atoms with Crippen LogP contribution in [0.4, 0.5) is 4.39 Å². The van der Waals surface area contributed by atoms with E-state index in [1.165, 1.54) is 12.1 Å². The predicted molar refractivity (Wildman–Crippen MR) is 54.8 cm³/mol. The highest BCUT2D eigenvalue weighted by Gasteiger charge is 2.04. The van der Waals surface area contributed by atoms with Crippen molar-refractivity contribution in [2.24, 2.45) is 5.73 Å². The van der Waals surface area contributed by atoms with Crippen LogP contribution in [0, 0.1) is 12.7 Å². The molecule has 0 spiro atoms. The van der Waals surface area contributed by atoms with Crippen molar-refractivity contribution in [3.63, 3.8) is 0 Å². The number of hydrogen-bond acceptors (Lipinski definition) is 2. The Bertz CT molecular complexity index is 402. The summed E-state index contributed by atoms with van der Waals surface area (Å²) in [5.41, 5.74) is 6.87. The third-order valence-electron chi connectivity index (χ3n) is 2.01. The minimum Gasteiger partial charge on any atom is -0.478 e. The topological polar surface area (TPSA) is 63.3 Å². The van der Waals surface area contributed by atoms with Crippen LogP contribution in [0.1, 0.15) is 17.2 Å². The number of hydrogen-bond donors (Lipinski definition) is 2. The van der Waals surface area contributed by atoms with Crippen LogP contribution in [0.3, 0.4) is 0 Å². The molecule has 0 aromatic heterocycles. The van der Waals surface area contributed by atoms with E-state index in [2.05, 4.69) is 0 Å². The highest BCUT2D eigenvalue weighted by Crippen LogP contribution is 2.15. The van der Waals surface area contributed by atoms with Crippen LogP contribution < -0.4 is 5.73 Å². The maximum absolute atomic E-state index is 12.9. The molecule has 0 bridgehead atoms. The van der Waals surface area contributed by atoms with Gasteiger partial charge in [0, 0.05) is 12.1 Å². The first-order chi connectivity index (χ1) is 7.00. The normalized spacial score (nSPS) is 13.0. The van der Waals surface area contributed by atoms with Gasteiger partial charge in [0.05, 0.1) is 0 Å². The number of carboxylic acids is 1. The van der Waals surface area contributed by atoms with E-state index in [1.54, 1.807) is 19.1 Å². The second kappa shape index (κ2) is 4.70. The Kier molecular flexibility index (Phi) is 3.57. The van der Waals surface area contributed by atoms with Crippen molar-refractivity contribution < 1.29 is 14.3 Å². The molecule has 1 aromatic carbocycles. The largest absolute Gasteiger partial charge is 0.478 e. The van der Waals surface area contributed by atoms with Gasteiger partial charge in [-0.05, 0) is 24.1 Å². The molecule has 4 heteroatoms. The fourth-order valence-electron chi connectivity index (χ4n) is 1.17. The zero-order chi connectivity index (χ0) is 11.4. The van der Waals surface area contributed by atoms with Crippen LogP contribution in [0.5, 0.6) is 0 Å². The number of aliphatic carboxylic acids is 1. The van der Waals surface area contributed by atoms with E-state index in [0.717, 1.165) is 6.08 Å². The van der Waals surface area contributed by atoms with Crippen molar-refractivity contribution in [2.75, 3.05) is 0 Å². The van der Waals surface area contributed by atoms with Crippen molar-refractivity contribution in [3.05, 3.63) is 47.3 Å². The highest BCUT2D eigenvalue weighted by atomic mass is 19.1. The summed E-state index contributed by atoms with van der Waals surface area (Å²) in [6.07, 6.45) is 2.33. The van der Waals surface area contributed by atoms with Crippen LogP contribution >= 0.6 is 0 Å². The summed E-state index contributed by atoms with van der Waals surface area (Å²) in [5, 5.41) is 8.41. The maximum atomic E-state index is 12.9. The Morgan fingerprint density at radius 3 is 2.80 bits per heavy atom. The lowest BCUT2D eigenvalue weighted by atomic mass is 10.0. The van der Waals surface area contributed by atoms with Crippen LogP contribution in [0.15, 0.2) is 30.4 Å². The molecular formula is C11H12FNO2. The van der Waals surface area contributed by atoms with E-state index in [1.807, 2.05) is 0 Å². The van der Waals surface area contributed by atoms with Gasteiger partial charge in [0.2, 0.25) is 0 Å². The van der Waals surface area contributed by atoms with Crippen LogP contribution in [-0.4, -0.2) is 11.1 Å². The summed E-state index contributed by atoms with van der Waals surface area (Å²) >= 11 is 0. The molecule has 0 saturated heterocycles. The quantitative estimate of drug-likeness (QED) is 0.746. The molecule has 0 fully saturated rings. The minimum absolute atomic E-state index is 0.298. The number of nitrogens with two attached hydrogens (primary N) is 1. The van der Waals surface area contributed by atoms with Gasteiger partial charge in [0.15, 0.2) is 0 Å². The van der Waals surface area contributed by atoms with Crippen molar-refractivity contribution in [3.8, 4) is 0 Å². The van der Waals surface area contributed by atoms with Crippen LogP contribution in [-0.2, 0) is 4.79 Å². The summed E-state index contributed by atoms with van der Waals surface area (Å²) in [5.74, 6) is -1.35. The number of aryl methyl sites for hydroxylation is 1. The number of rotatable bonds is 3. The van der Waals surface area contributed by atoms with E-state index < -0.39 is 12.0 Å². The molecule has 3 N–H and O–H groups in total. The average Bonchev–Trinajstić information content (AvgIpc) is 2.18. The Balaban J connectivity index is 2.87. The fourth-order valence-corrected chi connectivity index (χ4v) is 1.17. The van der Waals surface area contributed by atoms with Gasteiger partial charge in [-0.1, -0.05) is 18.2 Å². The zero-order valence-corrected chi connectivity index (χ0v) is 8.27. The lowest BCUT2D eigenvalue weighted by Crippen LogP contribution is -2.08. The van der Waals surface area contributed by atoms with Crippen LogP contribution in [0.25, 0.3) is 0 Å². The van der Waals surface area contributed by atoms with Gasteiger partial charge in [0.25, 0.3) is 0 Å². The molecule has 0 aliphatic heterocycles. The number of carboxylic acid groups (broad SMARTS) is 1. The Morgan fingerprint density at radius 2 is 2.27 bits per heavy atom. The number of halogens is 1. The summed E-state index contributed by atoms with van der Waals surface area (Å²) in [6, 6.07) is 3.94. The summed E-state index contributed by atoms with van der Waals surface area (Å²) in [7, 11) is 0. The highest BCUT2D eigenvalue weighted by molar-refractivity contribution is 5.79. The van der Waals surface area contributed by atoms with Crippen molar-refractivity contribution in [2.45, 2.75) is 13.0 Å². The second-order valence-corrected chi connectivity index (χ2v) is 3.23. The monoisotopic (exact) mass is 209 g/mol. The van der Waals surface area contributed by atoms with Crippen molar-refractivity contribution >= 4 is 5.97 Å². The second-order valence-electron chi connectivity index (χ2n) is 3.23. The molecule has 1 atom stereocenters. The predicted octanol–water partition coefficient (Wildman–Crippen LogP) is 1.77. The fraction of sp³-hybridized carbons (Fsp3) is 0.182. The Morgan fingerprint density at radius 1 is 1.60 bits per heavy atom. The first-order valence-corrected chi connectivity index (χ1v) is 4.43. The van der Waals surface area contributed by atoms with Gasteiger partial charge in [0.1, 0.15) is 5.82 Å². The van der Waals surface area contributed by atoms with Crippen molar-refractivity contribution in [1.82, 2.24) is 0 Å². The molecule has 1 aromatic rings. The third kappa shape index (κ3) is 3.18. The molecule has 3 nitrogen and oxygen atoms in total. The molecule has 0 saturated carbocycles. The van der Waals surface area contributed by atoms with Crippen LogP contribution in [0.2, 0.25) is 0 Å². The minimum atomic E-state index is -1.05. The maximum Gasteiger partial charge on any atom is 0.328 e. The van der Waals surface area contributed by atoms with E-state index in [4.69, 9.17) is 10.8 Å². The van der Waals surface area contributed by atoms with Gasteiger partial charge in [-0.2, -0.15) is 0 Å². The summed E-state index contributed by atoms with van der Waals surface area (Å²) in [6.45, 7) is 1.63. The Labute approximate surface area is 87.0 Å². The molecule has 80 valence electrons. The molecule has 0 aliphatic rings. The summed E-state index contributed by atoms with van der Waals surface area (Å²) in [4.78, 5) is 10.3. The molecule has 0 heterocycles. The Hall–Kier alpha value is -1.68. The van der Waals surface area contributed by atoms with Gasteiger partial charge >= 0.3 is 5.97 Å². The van der Waals surface area contributed by atoms with E-state index in [0.29, 0.717) is 11.1 Å². The SMILES string of the molecule is Cc1cc(C(N)/C=C/C(=O)O)ccc1F. The van der Waals surface area contributed by atoms with Gasteiger partial charge < -0.3 is 10.8 Å². The molecule has 0 amide bonds. The van der Waals surface area contributed by atoms with Crippen molar-refractivity contribution in [1.29, 1.82) is 0 Å². The van der Waals surface area contributed by atoms with Gasteiger partial charge in [-0.3, -0.25) is 0 Å². The molecule has 1 unspecified atom stereocenters. The number of benzene rings is 1. The van der Waals surface area contributed by atoms with E-state index >= 15 is 0 Å². The molecule has 1 rings (SSSR count). The zero-order valence-electron chi connectivity index (χ0n) is 8.27.